The zero-order chi connectivity index (χ0) is 61.4. The van der Waals surface area contributed by atoms with E-state index >= 15 is 0 Å². The minimum Gasteiger partial charge on any atom is -0.497 e. The summed E-state index contributed by atoms with van der Waals surface area (Å²) < 4.78 is 63.9. The fourth-order valence-corrected chi connectivity index (χ4v) is 14.0. The minimum absolute atomic E-state index is 0.0371. The third-order valence-corrected chi connectivity index (χ3v) is 22.9. The number of rotatable bonds is 26. The molecule has 0 bridgehead atoms. The summed E-state index contributed by atoms with van der Waals surface area (Å²) in [7, 11) is 1.84. The quantitative estimate of drug-likeness (QED) is 0.0226. The maximum Gasteiger partial charge on any atom is 0.280 e. The maximum absolute atomic E-state index is 14.8. The highest BCUT2D eigenvalue weighted by atomic mass is 31.2. The molecule has 2 N–H and O–H groups in total. The number of anilines is 1. The van der Waals surface area contributed by atoms with Crippen LogP contribution < -0.4 is 29.8 Å². The predicted molar refractivity (Wildman–Crippen MR) is 338 cm³/mol. The Labute approximate surface area is 507 Å². The van der Waals surface area contributed by atoms with E-state index in [0.29, 0.717) is 23.0 Å². The molecule has 452 valence electrons. The Morgan fingerprint density at radius 2 is 1.14 bits per heavy atom. The molecule has 6 aromatic carbocycles. The third-order valence-electron chi connectivity index (χ3n) is 16.3. The molecule has 2 aromatic heterocycles. The summed E-state index contributed by atoms with van der Waals surface area (Å²) in [5.74, 6) is 2.86. The van der Waals surface area contributed by atoms with Gasteiger partial charge in [-0.15, -0.1) is 0 Å². The van der Waals surface area contributed by atoms with Gasteiger partial charge < -0.3 is 47.2 Å². The van der Waals surface area contributed by atoms with Gasteiger partial charge in [-0.1, -0.05) is 130 Å². The van der Waals surface area contributed by atoms with Crippen molar-refractivity contribution in [2.45, 2.75) is 121 Å². The van der Waals surface area contributed by atoms with E-state index in [1.54, 1.807) is 39.3 Å². The molecular weight excluding hydrogens is 1120 g/mol. The number of benzene rings is 6. The summed E-state index contributed by atoms with van der Waals surface area (Å²) in [5.41, 5.74) is 2.42. The van der Waals surface area contributed by atoms with Crippen molar-refractivity contribution in [3.63, 3.8) is 0 Å². The average Bonchev–Trinajstić information content (AvgIpc) is 4.20. The van der Waals surface area contributed by atoms with E-state index in [0.717, 1.165) is 33.4 Å². The molecule has 0 saturated carbocycles. The molecule has 1 aliphatic heterocycles. The number of nitrogens with one attached hydrogen (secondary N) is 2. The monoisotopic (exact) mass is 1200 g/mol. The number of imidazole rings is 1. The van der Waals surface area contributed by atoms with Crippen LogP contribution in [-0.2, 0) is 34.1 Å². The van der Waals surface area contributed by atoms with Gasteiger partial charge in [0.2, 0.25) is 5.95 Å². The zero-order valence-corrected chi connectivity index (χ0v) is 53.3. The smallest absolute Gasteiger partial charge is 0.280 e. The van der Waals surface area contributed by atoms with Crippen molar-refractivity contribution < 1.29 is 41.9 Å². The van der Waals surface area contributed by atoms with Gasteiger partial charge in [-0.3, -0.25) is 14.3 Å². The second-order valence-corrected chi connectivity index (χ2v) is 29.4. The Bertz CT molecular complexity index is 3480. The van der Waals surface area contributed by atoms with Gasteiger partial charge in [-0.2, -0.15) is 10.2 Å². The molecule has 1 aliphatic rings. The van der Waals surface area contributed by atoms with Gasteiger partial charge >= 0.3 is 0 Å². The van der Waals surface area contributed by atoms with Crippen molar-refractivity contribution in [1.29, 1.82) is 5.26 Å². The Kier molecular flexibility index (Phi) is 19.9. The highest BCUT2D eigenvalue weighted by molar-refractivity contribution is 7.44. The first-order valence-corrected chi connectivity index (χ1v) is 33.0. The molecule has 5 atom stereocenters. The second kappa shape index (κ2) is 27.1. The van der Waals surface area contributed by atoms with Crippen LogP contribution in [0.5, 0.6) is 23.0 Å². The number of nitrogens with zero attached hydrogens (tertiary/aromatic N) is 5. The number of aromatic nitrogens is 4. The zero-order valence-electron chi connectivity index (χ0n) is 51.4. The Balaban J connectivity index is 1.25. The lowest BCUT2D eigenvalue weighted by Gasteiger charge is -2.42. The van der Waals surface area contributed by atoms with Gasteiger partial charge in [0.25, 0.3) is 14.1 Å². The van der Waals surface area contributed by atoms with E-state index in [9.17, 15) is 10.1 Å². The van der Waals surface area contributed by atoms with Crippen LogP contribution in [0, 0.1) is 11.3 Å². The van der Waals surface area contributed by atoms with Gasteiger partial charge in [0, 0.05) is 12.1 Å². The standard InChI is InChI=1S/C67H80N7O10PSi/c1-45(2)74(46(3)4)85(81-42-20-41-68)83-59-57(43-80-67(50-23-18-15-19-24-50,51-29-37-55(78-10)38-30-51)52-31-39-56(79-11)40-32-52)82-63(60(59)84-86(12,13)65(5,6)7)73-44-69-58-61(73)70-64(71-62(58)75)72-66(47-21-16-14-17-22-47,48-25-33-53(76-8)34-26-48)49-27-35-54(77-9)36-28-49/h14-19,21-40,44-46,57,59-60,63H,20,42-43H2,1-13H3,(H2,70,71,72,75)/t57-,59-,60-,63-,85?/m1/s1. The van der Waals surface area contributed by atoms with Crippen molar-refractivity contribution >= 4 is 34.0 Å². The van der Waals surface area contributed by atoms with E-state index in [4.69, 9.17) is 51.9 Å². The number of H-pyrrole nitrogens is 1. The molecule has 0 aliphatic carbocycles. The van der Waals surface area contributed by atoms with Gasteiger partial charge in [0.05, 0.1) is 60.5 Å². The number of hydrogen-bond acceptors (Lipinski definition) is 15. The van der Waals surface area contributed by atoms with Crippen LogP contribution in [-0.4, -0.2) is 105 Å². The van der Waals surface area contributed by atoms with Gasteiger partial charge in [-0.05, 0) is 128 Å². The van der Waals surface area contributed by atoms with Crippen LogP contribution in [0.2, 0.25) is 18.1 Å². The number of ether oxygens (including phenoxy) is 6. The fourth-order valence-electron chi connectivity index (χ4n) is 11.0. The van der Waals surface area contributed by atoms with Crippen LogP contribution >= 0.6 is 8.53 Å². The molecule has 0 amide bonds. The largest absolute Gasteiger partial charge is 0.497 e. The molecule has 1 unspecified atom stereocenters. The van der Waals surface area contributed by atoms with Crippen LogP contribution in [0.1, 0.15) is 94.5 Å². The first-order valence-electron chi connectivity index (χ1n) is 29.0. The molecule has 17 nitrogen and oxygen atoms in total. The highest BCUT2D eigenvalue weighted by Gasteiger charge is 2.55. The molecule has 1 fully saturated rings. The molecule has 86 heavy (non-hydrogen) atoms. The van der Waals surface area contributed by atoms with Crippen molar-refractivity contribution in [3.05, 3.63) is 208 Å². The van der Waals surface area contributed by atoms with Crippen LogP contribution in [0.3, 0.4) is 0 Å². The van der Waals surface area contributed by atoms with Crippen LogP contribution in [0.15, 0.2) is 169 Å². The van der Waals surface area contributed by atoms with E-state index in [1.807, 2.05) is 146 Å². The predicted octanol–water partition coefficient (Wildman–Crippen LogP) is 13.5. The van der Waals surface area contributed by atoms with Crippen LogP contribution in [0.25, 0.3) is 11.2 Å². The highest BCUT2D eigenvalue weighted by Crippen LogP contribution is 2.53. The van der Waals surface area contributed by atoms with Crippen molar-refractivity contribution in [3.8, 4) is 29.1 Å². The van der Waals surface area contributed by atoms with Crippen molar-refractivity contribution in [1.82, 2.24) is 24.2 Å². The number of nitriles is 1. The molecule has 9 rings (SSSR count). The summed E-state index contributed by atoms with van der Waals surface area (Å²) in [6.45, 7) is 19.4. The van der Waals surface area contributed by atoms with Crippen molar-refractivity contribution in [2.75, 3.05) is 47.0 Å². The lowest BCUT2D eigenvalue weighted by atomic mass is 9.77. The summed E-state index contributed by atoms with van der Waals surface area (Å²) in [6.07, 6.45) is -1.98. The lowest BCUT2D eigenvalue weighted by Crippen LogP contribution is -2.50. The van der Waals surface area contributed by atoms with E-state index < -0.39 is 58.1 Å². The second-order valence-electron chi connectivity index (χ2n) is 23.3. The van der Waals surface area contributed by atoms with Gasteiger partial charge in [0.15, 0.2) is 25.7 Å². The van der Waals surface area contributed by atoms with Gasteiger partial charge in [-0.25, -0.2) is 9.65 Å². The molecule has 1 saturated heterocycles. The van der Waals surface area contributed by atoms with E-state index in [1.165, 1.54) is 0 Å². The van der Waals surface area contributed by atoms with Crippen molar-refractivity contribution in [2.24, 2.45) is 0 Å². The summed E-state index contributed by atoms with van der Waals surface area (Å²) in [6, 6.07) is 53.6. The third kappa shape index (κ3) is 13.0. The number of aromatic amines is 1. The number of fused-ring (bicyclic) bond motifs is 1. The Hall–Kier alpha value is -7.43. The first kappa shape index (κ1) is 63.1. The maximum atomic E-state index is 14.8. The van der Waals surface area contributed by atoms with E-state index in [-0.39, 0.29) is 53.9 Å². The molecule has 0 spiro atoms. The first-order chi connectivity index (χ1) is 41.3. The van der Waals surface area contributed by atoms with Gasteiger partial charge in [0.1, 0.15) is 52.4 Å². The fraction of sp³-hybridized carbons (Fsp3) is 0.373. The van der Waals surface area contributed by atoms with E-state index in [2.05, 4.69) is 94.7 Å². The van der Waals surface area contributed by atoms with Crippen LogP contribution in [0.4, 0.5) is 5.95 Å². The summed E-state index contributed by atoms with van der Waals surface area (Å²) in [5, 5.41) is 13.3. The molecule has 0 radical (unpaired) electrons. The molecule has 3 heterocycles. The number of hydrogen-bond donors (Lipinski definition) is 2. The molecule has 8 aromatic rings. The summed E-state index contributed by atoms with van der Waals surface area (Å²) in [4.78, 5) is 28.0. The lowest BCUT2D eigenvalue weighted by molar-refractivity contribution is -0.0926. The summed E-state index contributed by atoms with van der Waals surface area (Å²) >= 11 is 0. The average molecular weight is 1200 g/mol. The molecular formula is C67H80N7O10PSi. The minimum atomic E-state index is -2.80. The SMILES string of the molecule is COc1ccc(C(Nc2nc3c(ncn3[C@@H]3O[C@H](COC(c4ccccc4)(c4ccc(OC)cc4)c4ccc(OC)cc4)[C@@H](OP(OCCC#N)N(C(C)C)C(C)C)[C@H]3O[Si](C)(C)C(C)(C)C)c(=O)[nH]2)(c2ccccc2)c2ccc(OC)cc2)cc1. The topological polar surface area (TPSA) is 186 Å². The Morgan fingerprint density at radius 1 is 0.686 bits per heavy atom. The Morgan fingerprint density at radius 3 is 1.59 bits per heavy atom. The number of methoxy groups -OCH3 is 4. The molecule has 19 heteroatoms. The normalized spacial score (nSPS) is 17.0.